The average Bonchev–Trinajstić information content (AvgIpc) is 2.38. The molecule has 4 heteroatoms. The fourth-order valence-corrected chi connectivity index (χ4v) is 2.26. The van der Waals surface area contributed by atoms with Crippen LogP contribution in [0.3, 0.4) is 0 Å². The summed E-state index contributed by atoms with van der Waals surface area (Å²) in [6.45, 7) is 4.23. The van der Waals surface area contributed by atoms with Crippen LogP contribution in [0.5, 0.6) is 0 Å². The summed E-state index contributed by atoms with van der Waals surface area (Å²) in [5.41, 5.74) is 1.35. The van der Waals surface area contributed by atoms with Crippen LogP contribution >= 0.6 is 0 Å². The molecule has 0 amide bonds. The summed E-state index contributed by atoms with van der Waals surface area (Å²) in [4.78, 5) is 12.6. The fraction of sp³-hybridized carbons (Fsp3) is 0.429. The largest absolute Gasteiger partial charge is 0.371 e. The molecule has 94 valence electrons. The van der Waals surface area contributed by atoms with E-state index >= 15 is 0 Å². The lowest BCUT2D eigenvalue weighted by molar-refractivity contribution is -0.385. The quantitative estimate of drug-likeness (QED) is 0.456. The van der Waals surface area contributed by atoms with Crippen molar-refractivity contribution in [2.24, 2.45) is 5.92 Å². The summed E-state index contributed by atoms with van der Waals surface area (Å²) in [6.07, 6.45) is 7.65. The molecule has 1 fully saturated rings. The van der Waals surface area contributed by atoms with Crippen molar-refractivity contribution in [3.05, 3.63) is 33.9 Å². The Labute approximate surface area is 107 Å². The SMILES string of the molecule is C#Cc1cc(N2CCC(C)CC2)ccc1[N+](=O)[O-]. The van der Waals surface area contributed by atoms with Crippen molar-refractivity contribution in [3.8, 4) is 12.3 Å². The van der Waals surface area contributed by atoms with E-state index in [1.807, 2.05) is 0 Å². The Morgan fingerprint density at radius 1 is 1.44 bits per heavy atom. The van der Waals surface area contributed by atoms with E-state index < -0.39 is 4.92 Å². The maximum atomic E-state index is 10.8. The number of piperidine rings is 1. The van der Waals surface area contributed by atoms with E-state index in [4.69, 9.17) is 6.42 Å². The minimum atomic E-state index is -0.433. The number of benzene rings is 1. The predicted octanol–water partition coefficient (Wildman–Crippen LogP) is 2.81. The predicted molar refractivity (Wildman–Crippen MR) is 71.6 cm³/mol. The summed E-state index contributed by atoms with van der Waals surface area (Å²) in [6, 6.07) is 5.03. The minimum Gasteiger partial charge on any atom is -0.371 e. The highest BCUT2D eigenvalue weighted by Gasteiger charge is 2.19. The van der Waals surface area contributed by atoms with E-state index in [9.17, 15) is 10.1 Å². The van der Waals surface area contributed by atoms with Gasteiger partial charge in [-0.25, -0.2) is 0 Å². The number of terminal acetylenes is 1. The van der Waals surface area contributed by atoms with Crippen LogP contribution in [0.4, 0.5) is 11.4 Å². The lowest BCUT2D eigenvalue weighted by Crippen LogP contribution is -2.32. The molecule has 0 saturated carbocycles. The van der Waals surface area contributed by atoms with E-state index in [-0.39, 0.29) is 5.69 Å². The van der Waals surface area contributed by atoms with Gasteiger partial charge >= 0.3 is 0 Å². The van der Waals surface area contributed by atoms with Crippen molar-refractivity contribution >= 4 is 11.4 Å². The molecule has 1 aromatic carbocycles. The molecule has 0 spiro atoms. The van der Waals surface area contributed by atoms with E-state index in [1.165, 1.54) is 6.07 Å². The van der Waals surface area contributed by atoms with Crippen LogP contribution in [0.15, 0.2) is 18.2 Å². The number of hydrogen-bond donors (Lipinski definition) is 0. The number of nitrogens with zero attached hydrogens (tertiary/aromatic N) is 2. The Bertz CT molecular complexity index is 497. The third-order valence-electron chi connectivity index (χ3n) is 3.48. The smallest absolute Gasteiger partial charge is 0.285 e. The standard InChI is InChI=1S/C14H16N2O2/c1-3-12-10-13(4-5-14(12)16(17)18)15-8-6-11(2)7-9-15/h1,4-5,10-11H,6-9H2,2H3. The minimum absolute atomic E-state index is 0.00614. The van der Waals surface area contributed by atoms with Gasteiger partial charge in [0.05, 0.1) is 4.92 Å². The van der Waals surface area contributed by atoms with Crippen molar-refractivity contribution < 1.29 is 4.92 Å². The van der Waals surface area contributed by atoms with Gasteiger partial charge in [-0.05, 0) is 30.9 Å². The van der Waals surface area contributed by atoms with Gasteiger partial charge in [0.15, 0.2) is 0 Å². The number of nitro groups is 1. The van der Waals surface area contributed by atoms with Crippen LogP contribution in [0.2, 0.25) is 0 Å². The number of anilines is 1. The van der Waals surface area contributed by atoms with Crippen LogP contribution in [0.25, 0.3) is 0 Å². The molecule has 1 aliphatic heterocycles. The van der Waals surface area contributed by atoms with E-state index in [0.29, 0.717) is 5.56 Å². The maximum absolute atomic E-state index is 10.8. The van der Waals surface area contributed by atoms with Gasteiger partial charge in [-0.3, -0.25) is 10.1 Å². The van der Waals surface area contributed by atoms with Gasteiger partial charge in [-0.1, -0.05) is 12.8 Å². The van der Waals surface area contributed by atoms with Gasteiger partial charge in [-0.2, -0.15) is 0 Å². The maximum Gasteiger partial charge on any atom is 0.285 e. The highest BCUT2D eigenvalue weighted by atomic mass is 16.6. The highest BCUT2D eigenvalue weighted by Crippen LogP contribution is 2.27. The van der Waals surface area contributed by atoms with E-state index in [2.05, 4.69) is 17.7 Å². The zero-order valence-corrected chi connectivity index (χ0v) is 10.4. The van der Waals surface area contributed by atoms with Crippen molar-refractivity contribution in [2.75, 3.05) is 18.0 Å². The summed E-state index contributed by atoms with van der Waals surface area (Å²) in [5, 5.41) is 10.8. The molecule has 1 heterocycles. The van der Waals surface area contributed by atoms with Crippen LogP contribution in [-0.2, 0) is 0 Å². The molecular weight excluding hydrogens is 228 g/mol. The first-order chi connectivity index (χ1) is 8.61. The Balaban J connectivity index is 2.25. The van der Waals surface area contributed by atoms with Crippen LogP contribution < -0.4 is 4.90 Å². The molecule has 1 saturated heterocycles. The van der Waals surface area contributed by atoms with Crippen molar-refractivity contribution in [3.63, 3.8) is 0 Å². The summed E-state index contributed by atoms with van der Waals surface area (Å²) in [7, 11) is 0. The Hall–Kier alpha value is -2.02. The van der Waals surface area contributed by atoms with Gasteiger partial charge in [0.2, 0.25) is 0 Å². The molecule has 0 aliphatic carbocycles. The monoisotopic (exact) mass is 244 g/mol. The first kappa shape index (κ1) is 12.4. The van der Waals surface area contributed by atoms with Gasteiger partial charge in [0.1, 0.15) is 5.56 Å². The van der Waals surface area contributed by atoms with Crippen molar-refractivity contribution in [1.29, 1.82) is 0 Å². The average molecular weight is 244 g/mol. The molecule has 2 rings (SSSR count). The highest BCUT2D eigenvalue weighted by molar-refractivity contribution is 5.60. The number of rotatable bonds is 2. The normalized spacial score (nSPS) is 16.3. The molecule has 1 aromatic rings. The zero-order valence-electron chi connectivity index (χ0n) is 10.4. The van der Waals surface area contributed by atoms with E-state index in [0.717, 1.165) is 37.5 Å². The van der Waals surface area contributed by atoms with Gasteiger partial charge in [-0.15, -0.1) is 6.42 Å². The molecule has 0 radical (unpaired) electrons. The number of nitro benzene ring substituents is 1. The zero-order chi connectivity index (χ0) is 13.1. The molecule has 18 heavy (non-hydrogen) atoms. The van der Waals surface area contributed by atoms with E-state index in [1.54, 1.807) is 12.1 Å². The molecular formula is C14H16N2O2. The van der Waals surface area contributed by atoms with Crippen molar-refractivity contribution in [2.45, 2.75) is 19.8 Å². The molecule has 0 N–H and O–H groups in total. The third-order valence-corrected chi connectivity index (χ3v) is 3.48. The summed E-state index contributed by atoms with van der Waals surface area (Å²) < 4.78 is 0. The van der Waals surface area contributed by atoms with Gasteiger partial charge in [0.25, 0.3) is 5.69 Å². The molecule has 1 aliphatic rings. The molecule has 4 nitrogen and oxygen atoms in total. The summed E-state index contributed by atoms with van der Waals surface area (Å²) in [5.74, 6) is 3.15. The van der Waals surface area contributed by atoms with Crippen LogP contribution in [-0.4, -0.2) is 18.0 Å². The Morgan fingerprint density at radius 2 is 2.11 bits per heavy atom. The Kier molecular flexibility index (Phi) is 3.52. The fourth-order valence-electron chi connectivity index (χ4n) is 2.26. The molecule has 0 unspecified atom stereocenters. The Morgan fingerprint density at radius 3 is 2.67 bits per heavy atom. The van der Waals surface area contributed by atoms with Crippen LogP contribution in [0.1, 0.15) is 25.3 Å². The molecule has 0 aromatic heterocycles. The molecule has 0 atom stereocenters. The lowest BCUT2D eigenvalue weighted by atomic mass is 9.98. The molecule has 0 bridgehead atoms. The van der Waals surface area contributed by atoms with Crippen molar-refractivity contribution in [1.82, 2.24) is 0 Å². The first-order valence-electron chi connectivity index (χ1n) is 6.12. The topological polar surface area (TPSA) is 46.4 Å². The second-order valence-electron chi connectivity index (χ2n) is 4.77. The second kappa shape index (κ2) is 5.09. The number of hydrogen-bond acceptors (Lipinski definition) is 3. The van der Waals surface area contributed by atoms with Crippen LogP contribution in [0, 0.1) is 28.4 Å². The second-order valence-corrected chi connectivity index (χ2v) is 4.77. The summed E-state index contributed by atoms with van der Waals surface area (Å²) >= 11 is 0. The lowest BCUT2D eigenvalue weighted by Gasteiger charge is -2.32. The van der Waals surface area contributed by atoms with Gasteiger partial charge in [0, 0.05) is 24.8 Å². The first-order valence-corrected chi connectivity index (χ1v) is 6.12. The van der Waals surface area contributed by atoms with Gasteiger partial charge < -0.3 is 4.90 Å². The third kappa shape index (κ3) is 2.45.